The third-order valence-corrected chi connectivity index (χ3v) is 3.11. The van der Waals surface area contributed by atoms with Crippen molar-refractivity contribution < 1.29 is 13.9 Å². The predicted octanol–water partition coefficient (Wildman–Crippen LogP) is 5.62. The van der Waals surface area contributed by atoms with Crippen LogP contribution in [0.5, 0.6) is 11.5 Å². The van der Waals surface area contributed by atoms with Crippen LogP contribution in [0.4, 0.5) is 0 Å². The van der Waals surface area contributed by atoms with Crippen LogP contribution in [0.2, 0.25) is 0 Å². The van der Waals surface area contributed by atoms with Gasteiger partial charge in [-0.3, -0.25) is 4.79 Å². The first-order valence-electron chi connectivity index (χ1n) is 8.30. The van der Waals surface area contributed by atoms with Gasteiger partial charge in [0.15, 0.2) is 11.3 Å². The second-order valence-electron chi connectivity index (χ2n) is 4.22. The lowest BCUT2D eigenvalue weighted by molar-refractivity contribution is 0.353. The first-order valence-corrected chi connectivity index (χ1v) is 8.30. The zero-order chi connectivity index (χ0) is 19.4. The van der Waals surface area contributed by atoms with Gasteiger partial charge in [0, 0.05) is 0 Å². The fourth-order valence-corrected chi connectivity index (χ4v) is 2.10. The normalized spacial score (nSPS) is 9.92. The largest absolute Gasteiger partial charge is 0.493 e. The molecule has 4 heteroatoms. The Morgan fingerprint density at radius 3 is 2.20 bits per heavy atom. The van der Waals surface area contributed by atoms with E-state index < -0.39 is 0 Å². The SMILES string of the molecule is C=C/C=C(\C=C)c1coc2c(OC)c(OC)ccc2c1=O.CC.CC. The molecule has 0 atom stereocenters. The lowest BCUT2D eigenvalue weighted by atomic mass is 10.1. The molecule has 0 radical (unpaired) electrons. The molecule has 0 aliphatic rings. The molecule has 136 valence electrons. The van der Waals surface area contributed by atoms with Gasteiger partial charge < -0.3 is 13.9 Å². The summed E-state index contributed by atoms with van der Waals surface area (Å²) in [5.41, 5.74) is 1.26. The molecule has 1 aromatic carbocycles. The van der Waals surface area contributed by atoms with Crippen LogP contribution in [-0.2, 0) is 0 Å². The van der Waals surface area contributed by atoms with Crippen molar-refractivity contribution in [1.29, 1.82) is 0 Å². The lowest BCUT2D eigenvalue weighted by Crippen LogP contribution is -2.08. The first kappa shape index (κ1) is 22.2. The smallest absolute Gasteiger partial charge is 0.204 e. The highest BCUT2D eigenvalue weighted by atomic mass is 16.5. The molecule has 0 aliphatic heterocycles. The number of fused-ring (bicyclic) bond motifs is 1. The fraction of sp³-hybridized carbons (Fsp3) is 0.286. The van der Waals surface area contributed by atoms with Crippen molar-refractivity contribution in [2.45, 2.75) is 27.7 Å². The number of allylic oxidation sites excluding steroid dienone is 4. The van der Waals surface area contributed by atoms with E-state index in [9.17, 15) is 4.79 Å². The van der Waals surface area contributed by atoms with Crippen LogP contribution in [0.1, 0.15) is 33.3 Å². The molecular formula is C21H28O4. The monoisotopic (exact) mass is 344 g/mol. The minimum Gasteiger partial charge on any atom is -0.493 e. The summed E-state index contributed by atoms with van der Waals surface area (Å²) in [6.07, 6.45) is 6.27. The van der Waals surface area contributed by atoms with Gasteiger partial charge in [-0.2, -0.15) is 0 Å². The molecule has 1 heterocycles. The number of hydrogen-bond donors (Lipinski definition) is 0. The lowest BCUT2D eigenvalue weighted by Gasteiger charge is -2.10. The maximum atomic E-state index is 12.6. The molecule has 2 aromatic rings. The quantitative estimate of drug-likeness (QED) is 0.661. The molecule has 0 saturated carbocycles. The average Bonchev–Trinajstić information content (AvgIpc) is 2.69. The van der Waals surface area contributed by atoms with Gasteiger partial charge in [-0.25, -0.2) is 0 Å². The Hall–Kier alpha value is -2.75. The Balaban J connectivity index is 0.00000134. The average molecular weight is 344 g/mol. The second kappa shape index (κ2) is 11.7. The van der Waals surface area contributed by atoms with Gasteiger partial charge in [0.05, 0.1) is 25.2 Å². The van der Waals surface area contributed by atoms with E-state index in [-0.39, 0.29) is 5.43 Å². The summed E-state index contributed by atoms with van der Waals surface area (Å²) in [6, 6.07) is 3.33. The molecule has 2 rings (SSSR count). The first-order chi connectivity index (χ1) is 12.2. The Kier molecular flexibility index (Phi) is 10.4. The van der Waals surface area contributed by atoms with Crippen molar-refractivity contribution in [3.8, 4) is 11.5 Å². The summed E-state index contributed by atoms with van der Waals surface area (Å²) in [6.45, 7) is 15.3. The number of methoxy groups -OCH3 is 2. The van der Waals surface area contributed by atoms with Crippen LogP contribution in [-0.4, -0.2) is 14.2 Å². The minimum atomic E-state index is -0.162. The molecule has 0 amide bonds. The highest BCUT2D eigenvalue weighted by Crippen LogP contribution is 2.34. The fourth-order valence-electron chi connectivity index (χ4n) is 2.10. The maximum Gasteiger partial charge on any atom is 0.204 e. The highest BCUT2D eigenvalue weighted by molar-refractivity contribution is 5.88. The van der Waals surface area contributed by atoms with Crippen LogP contribution in [0, 0.1) is 0 Å². The summed E-state index contributed by atoms with van der Waals surface area (Å²) >= 11 is 0. The molecule has 1 aromatic heterocycles. The van der Waals surface area contributed by atoms with E-state index in [0.29, 0.717) is 33.6 Å². The molecule has 0 bridgehead atoms. The molecular weight excluding hydrogens is 316 g/mol. The molecule has 0 N–H and O–H groups in total. The van der Waals surface area contributed by atoms with Crippen LogP contribution in [0.3, 0.4) is 0 Å². The van der Waals surface area contributed by atoms with Gasteiger partial charge >= 0.3 is 0 Å². The van der Waals surface area contributed by atoms with E-state index in [2.05, 4.69) is 13.2 Å². The van der Waals surface area contributed by atoms with Crippen molar-refractivity contribution in [2.24, 2.45) is 0 Å². The molecule has 0 fully saturated rings. The van der Waals surface area contributed by atoms with E-state index in [1.54, 1.807) is 30.4 Å². The van der Waals surface area contributed by atoms with Gasteiger partial charge in [-0.15, -0.1) is 0 Å². The second-order valence-corrected chi connectivity index (χ2v) is 4.22. The van der Waals surface area contributed by atoms with Crippen molar-refractivity contribution in [2.75, 3.05) is 14.2 Å². The van der Waals surface area contributed by atoms with E-state index in [1.165, 1.54) is 20.5 Å². The van der Waals surface area contributed by atoms with E-state index in [4.69, 9.17) is 13.9 Å². The highest BCUT2D eigenvalue weighted by Gasteiger charge is 2.16. The predicted molar refractivity (Wildman–Crippen MR) is 107 cm³/mol. The number of rotatable bonds is 5. The molecule has 0 saturated heterocycles. The standard InChI is InChI=1S/C17H16O4.2C2H6/c1-5-7-11(6-2)13-10-21-16-12(15(13)18)8-9-14(19-3)17(16)20-4;2*1-2/h5-10H,1-2H2,3-4H3;2*1-2H3/b11-7+;;. The van der Waals surface area contributed by atoms with Gasteiger partial charge in [0.1, 0.15) is 6.26 Å². The maximum absolute atomic E-state index is 12.6. The van der Waals surface area contributed by atoms with Gasteiger partial charge in [-0.1, -0.05) is 59.1 Å². The van der Waals surface area contributed by atoms with Crippen molar-refractivity contribution in [1.82, 2.24) is 0 Å². The van der Waals surface area contributed by atoms with Crippen LogP contribution >= 0.6 is 0 Å². The summed E-state index contributed by atoms with van der Waals surface area (Å²) in [7, 11) is 3.02. The molecule has 0 spiro atoms. The van der Waals surface area contributed by atoms with E-state index in [0.717, 1.165) is 0 Å². The Morgan fingerprint density at radius 1 is 1.08 bits per heavy atom. The Labute approximate surface area is 150 Å². The summed E-state index contributed by atoms with van der Waals surface area (Å²) in [4.78, 5) is 12.6. The zero-order valence-electron chi connectivity index (χ0n) is 16.0. The van der Waals surface area contributed by atoms with Crippen LogP contribution in [0.25, 0.3) is 16.5 Å². The van der Waals surface area contributed by atoms with E-state index >= 15 is 0 Å². The molecule has 4 nitrogen and oxygen atoms in total. The van der Waals surface area contributed by atoms with Gasteiger partial charge in [-0.05, 0) is 17.7 Å². The number of benzene rings is 1. The van der Waals surface area contributed by atoms with Gasteiger partial charge in [0.25, 0.3) is 0 Å². The molecule has 25 heavy (non-hydrogen) atoms. The van der Waals surface area contributed by atoms with E-state index in [1.807, 2.05) is 27.7 Å². The third-order valence-electron chi connectivity index (χ3n) is 3.11. The topological polar surface area (TPSA) is 48.7 Å². The van der Waals surface area contributed by atoms with Crippen molar-refractivity contribution in [3.63, 3.8) is 0 Å². The molecule has 0 aliphatic carbocycles. The third kappa shape index (κ3) is 4.86. The summed E-state index contributed by atoms with van der Waals surface area (Å²) < 4.78 is 16.1. The number of hydrogen-bond acceptors (Lipinski definition) is 4. The van der Waals surface area contributed by atoms with Crippen molar-refractivity contribution in [3.05, 3.63) is 65.6 Å². The van der Waals surface area contributed by atoms with Crippen LogP contribution < -0.4 is 14.9 Å². The molecule has 0 unspecified atom stereocenters. The van der Waals surface area contributed by atoms with Crippen LogP contribution in [0.15, 0.2) is 59.0 Å². The number of ether oxygens (including phenoxy) is 2. The summed E-state index contributed by atoms with van der Waals surface area (Å²) in [5, 5.41) is 0.418. The summed E-state index contributed by atoms with van der Waals surface area (Å²) in [5.74, 6) is 0.901. The van der Waals surface area contributed by atoms with Crippen molar-refractivity contribution >= 4 is 16.5 Å². The zero-order valence-corrected chi connectivity index (χ0v) is 16.0. The Bertz CT molecular complexity index is 782. The Morgan fingerprint density at radius 2 is 1.72 bits per heavy atom. The van der Waals surface area contributed by atoms with Gasteiger partial charge in [0.2, 0.25) is 11.2 Å². The minimum absolute atomic E-state index is 0.162.